The number of rotatable bonds is 7. The topological polar surface area (TPSA) is 111 Å². The maximum atomic E-state index is 11.5. The molecule has 22 heavy (non-hydrogen) atoms. The molecule has 0 heterocycles. The lowest BCUT2D eigenvalue weighted by Gasteiger charge is -2.15. The smallest absolute Gasteiger partial charge is 0.333 e. The van der Waals surface area contributed by atoms with Crippen LogP contribution in [0.25, 0.3) is 0 Å². The molecular formula is C14H22N2O6. The minimum atomic E-state index is -0.867. The average molecular weight is 314 g/mol. The zero-order valence-electron chi connectivity index (χ0n) is 13.2. The summed E-state index contributed by atoms with van der Waals surface area (Å²) >= 11 is 0. The van der Waals surface area contributed by atoms with Gasteiger partial charge in [0.2, 0.25) is 0 Å². The number of amides is 2. The third-order valence-corrected chi connectivity index (χ3v) is 2.33. The van der Waals surface area contributed by atoms with Crippen LogP contribution in [0.3, 0.4) is 0 Å². The normalized spacial score (nSPS) is 12.5. The Balaban J connectivity index is 4.05. The van der Waals surface area contributed by atoms with Crippen LogP contribution >= 0.6 is 0 Å². The van der Waals surface area contributed by atoms with E-state index in [0.29, 0.717) is 0 Å². The van der Waals surface area contributed by atoms with Crippen LogP contribution in [0, 0.1) is 0 Å². The van der Waals surface area contributed by atoms with Crippen molar-refractivity contribution in [3.63, 3.8) is 0 Å². The molecule has 0 saturated heterocycles. The van der Waals surface area contributed by atoms with Crippen LogP contribution in [-0.4, -0.2) is 49.1 Å². The van der Waals surface area contributed by atoms with Crippen LogP contribution in [0.15, 0.2) is 12.2 Å². The second kappa shape index (κ2) is 9.54. The quantitative estimate of drug-likeness (QED) is 0.378. The Morgan fingerprint density at radius 3 is 1.68 bits per heavy atom. The van der Waals surface area contributed by atoms with Gasteiger partial charge in [-0.15, -0.1) is 0 Å². The average Bonchev–Trinajstić information content (AvgIpc) is 2.41. The lowest BCUT2D eigenvalue weighted by molar-refractivity contribution is -0.147. The van der Waals surface area contributed by atoms with Crippen LogP contribution in [0.2, 0.25) is 0 Å². The van der Waals surface area contributed by atoms with E-state index in [4.69, 9.17) is 9.47 Å². The van der Waals surface area contributed by atoms with E-state index in [0.717, 1.165) is 0 Å². The summed E-state index contributed by atoms with van der Waals surface area (Å²) in [7, 11) is 0. The highest BCUT2D eigenvalue weighted by Gasteiger charge is 2.17. The van der Waals surface area contributed by atoms with Gasteiger partial charge in [0.1, 0.15) is 12.2 Å². The van der Waals surface area contributed by atoms with E-state index in [1.807, 2.05) is 0 Å². The third kappa shape index (κ3) is 8.72. The molecule has 0 aliphatic rings. The van der Waals surface area contributed by atoms with Crippen molar-refractivity contribution in [1.29, 1.82) is 0 Å². The molecule has 2 atom stereocenters. The van der Waals surface area contributed by atoms with E-state index in [9.17, 15) is 19.2 Å². The Kier molecular flexibility index (Phi) is 8.51. The standard InChI is InChI=1S/C14H22N2O6/c1-8(2)14(20)22-10(4)7-16-13(19)12(18)15-6-9(3)21-11(5)17/h9-10H,1,6-7H2,2-5H3,(H,15,18)(H,16,19). The number of nitrogens with one attached hydrogen (secondary N) is 2. The molecule has 0 saturated carbocycles. The molecule has 0 aromatic carbocycles. The molecule has 0 bridgehead atoms. The molecule has 2 N–H and O–H groups in total. The fourth-order valence-corrected chi connectivity index (χ4v) is 1.28. The first-order chi connectivity index (χ1) is 10.1. The molecule has 0 aromatic heterocycles. The SMILES string of the molecule is C=C(C)C(=O)OC(C)CNC(=O)C(=O)NCC(C)OC(C)=O. The minimum absolute atomic E-state index is 0.00915. The summed E-state index contributed by atoms with van der Waals surface area (Å²) in [5.41, 5.74) is 0.246. The molecule has 124 valence electrons. The molecule has 0 aromatic rings. The fourth-order valence-electron chi connectivity index (χ4n) is 1.28. The number of hydrogen-bond donors (Lipinski definition) is 2. The van der Waals surface area contributed by atoms with Crippen molar-refractivity contribution < 1.29 is 28.7 Å². The van der Waals surface area contributed by atoms with E-state index in [2.05, 4.69) is 17.2 Å². The Morgan fingerprint density at radius 1 is 0.909 bits per heavy atom. The van der Waals surface area contributed by atoms with Crippen molar-refractivity contribution in [3.05, 3.63) is 12.2 Å². The van der Waals surface area contributed by atoms with E-state index < -0.39 is 36.0 Å². The van der Waals surface area contributed by atoms with E-state index >= 15 is 0 Å². The van der Waals surface area contributed by atoms with Crippen molar-refractivity contribution in [1.82, 2.24) is 10.6 Å². The highest BCUT2D eigenvalue weighted by molar-refractivity contribution is 6.35. The fraction of sp³-hybridized carbons (Fsp3) is 0.571. The predicted octanol–water partition coefficient (Wildman–Crippen LogP) is -0.322. The van der Waals surface area contributed by atoms with Gasteiger partial charge in [-0.2, -0.15) is 0 Å². The Morgan fingerprint density at radius 2 is 1.32 bits per heavy atom. The van der Waals surface area contributed by atoms with Crippen molar-refractivity contribution in [2.75, 3.05) is 13.1 Å². The van der Waals surface area contributed by atoms with Gasteiger partial charge in [-0.1, -0.05) is 6.58 Å². The van der Waals surface area contributed by atoms with Crippen LogP contribution in [0.5, 0.6) is 0 Å². The monoisotopic (exact) mass is 314 g/mol. The van der Waals surface area contributed by atoms with Gasteiger partial charge in [-0.05, 0) is 20.8 Å². The number of hydrogen-bond acceptors (Lipinski definition) is 6. The summed E-state index contributed by atoms with van der Waals surface area (Å²) in [6.07, 6.45) is -1.13. The van der Waals surface area contributed by atoms with Crippen molar-refractivity contribution in [2.45, 2.75) is 39.9 Å². The van der Waals surface area contributed by atoms with Crippen molar-refractivity contribution in [2.24, 2.45) is 0 Å². The van der Waals surface area contributed by atoms with Crippen molar-refractivity contribution in [3.8, 4) is 0 Å². The Hall–Kier alpha value is -2.38. The van der Waals surface area contributed by atoms with Gasteiger partial charge in [-0.25, -0.2) is 4.79 Å². The van der Waals surface area contributed by atoms with Gasteiger partial charge in [0, 0.05) is 12.5 Å². The molecule has 2 unspecified atom stereocenters. The first-order valence-corrected chi connectivity index (χ1v) is 6.73. The first kappa shape index (κ1) is 19.6. The van der Waals surface area contributed by atoms with Gasteiger partial charge in [0.05, 0.1) is 13.1 Å². The Bertz CT molecular complexity index is 460. The van der Waals surface area contributed by atoms with Gasteiger partial charge < -0.3 is 20.1 Å². The molecule has 0 radical (unpaired) electrons. The molecule has 2 amide bonds. The van der Waals surface area contributed by atoms with E-state index in [1.165, 1.54) is 13.8 Å². The van der Waals surface area contributed by atoms with Gasteiger partial charge >= 0.3 is 23.8 Å². The molecular weight excluding hydrogens is 292 g/mol. The largest absolute Gasteiger partial charge is 0.461 e. The molecule has 0 aliphatic carbocycles. The lowest BCUT2D eigenvalue weighted by Crippen LogP contribution is -2.45. The Labute approximate surface area is 129 Å². The van der Waals surface area contributed by atoms with Crippen LogP contribution in [0.1, 0.15) is 27.7 Å². The maximum absolute atomic E-state index is 11.5. The molecule has 8 nitrogen and oxygen atoms in total. The van der Waals surface area contributed by atoms with E-state index in [-0.39, 0.29) is 18.7 Å². The number of carbonyl (C=O) groups excluding carboxylic acids is 4. The molecule has 8 heteroatoms. The summed E-state index contributed by atoms with van der Waals surface area (Å²) in [4.78, 5) is 44.9. The first-order valence-electron chi connectivity index (χ1n) is 6.73. The number of ether oxygens (including phenoxy) is 2. The summed E-state index contributed by atoms with van der Waals surface area (Å²) in [6, 6.07) is 0. The van der Waals surface area contributed by atoms with Gasteiger partial charge in [0.25, 0.3) is 0 Å². The zero-order valence-corrected chi connectivity index (χ0v) is 13.2. The summed E-state index contributed by atoms with van der Waals surface area (Å²) < 4.78 is 9.74. The second-order valence-corrected chi connectivity index (χ2v) is 4.84. The third-order valence-electron chi connectivity index (χ3n) is 2.33. The molecule has 0 spiro atoms. The minimum Gasteiger partial charge on any atom is -0.461 e. The lowest BCUT2D eigenvalue weighted by atomic mass is 10.3. The summed E-state index contributed by atoms with van der Waals surface area (Å²) in [5.74, 6) is -2.77. The van der Waals surface area contributed by atoms with Crippen LogP contribution < -0.4 is 10.6 Å². The van der Waals surface area contributed by atoms with Crippen LogP contribution in [-0.2, 0) is 28.7 Å². The number of esters is 2. The zero-order chi connectivity index (χ0) is 17.3. The van der Waals surface area contributed by atoms with Crippen molar-refractivity contribution >= 4 is 23.8 Å². The molecule has 0 fully saturated rings. The summed E-state index contributed by atoms with van der Waals surface area (Å²) in [5, 5.41) is 4.65. The second-order valence-electron chi connectivity index (χ2n) is 4.84. The highest BCUT2D eigenvalue weighted by Crippen LogP contribution is 1.97. The maximum Gasteiger partial charge on any atom is 0.333 e. The predicted molar refractivity (Wildman–Crippen MR) is 77.6 cm³/mol. The van der Waals surface area contributed by atoms with Crippen LogP contribution in [0.4, 0.5) is 0 Å². The van der Waals surface area contributed by atoms with E-state index in [1.54, 1.807) is 13.8 Å². The molecule has 0 rings (SSSR count). The molecule has 0 aliphatic heterocycles. The summed E-state index contributed by atoms with van der Waals surface area (Å²) in [6.45, 7) is 9.35. The van der Waals surface area contributed by atoms with Gasteiger partial charge in [0.15, 0.2) is 0 Å². The van der Waals surface area contributed by atoms with Gasteiger partial charge in [-0.3, -0.25) is 14.4 Å². The highest BCUT2D eigenvalue weighted by atomic mass is 16.5. The number of carbonyl (C=O) groups is 4.